The van der Waals surface area contributed by atoms with Crippen LogP contribution in [0.5, 0.6) is 0 Å². The highest BCUT2D eigenvalue weighted by atomic mass is 32.2. The average Bonchev–Trinajstić information content (AvgIpc) is 2.56. The van der Waals surface area contributed by atoms with Crippen LogP contribution in [0.1, 0.15) is 6.92 Å². The molecule has 1 aromatic heterocycles. The second-order valence-electron chi connectivity index (χ2n) is 4.99. The van der Waals surface area contributed by atoms with Crippen molar-refractivity contribution < 1.29 is 4.74 Å². The van der Waals surface area contributed by atoms with Gasteiger partial charge in [0.25, 0.3) is 0 Å². The lowest BCUT2D eigenvalue weighted by atomic mass is 10.4. The highest BCUT2D eigenvalue weighted by Gasteiger charge is 2.20. The van der Waals surface area contributed by atoms with E-state index in [1.165, 1.54) is 0 Å². The van der Waals surface area contributed by atoms with Gasteiger partial charge in [0.2, 0.25) is 17.8 Å². The van der Waals surface area contributed by atoms with E-state index in [0.29, 0.717) is 5.95 Å². The number of ether oxygens (including phenoxy) is 1. The Morgan fingerprint density at radius 2 is 1.62 bits per heavy atom. The van der Waals surface area contributed by atoms with Gasteiger partial charge in [-0.05, 0) is 6.92 Å². The van der Waals surface area contributed by atoms with Crippen molar-refractivity contribution in [2.75, 3.05) is 72.6 Å². The van der Waals surface area contributed by atoms with Crippen molar-refractivity contribution in [3.05, 3.63) is 0 Å². The zero-order chi connectivity index (χ0) is 14.5. The maximum absolute atomic E-state index is 5.40. The third-order valence-corrected chi connectivity index (χ3v) is 4.48. The lowest BCUT2D eigenvalue weighted by Gasteiger charge is -2.30. The third kappa shape index (κ3) is 3.68. The van der Waals surface area contributed by atoms with E-state index in [-0.39, 0.29) is 0 Å². The number of nitrogens with zero attached hydrogens (tertiary/aromatic N) is 5. The van der Waals surface area contributed by atoms with Gasteiger partial charge in [-0.25, -0.2) is 0 Å². The van der Waals surface area contributed by atoms with Gasteiger partial charge in [-0.15, -0.1) is 0 Å². The summed E-state index contributed by atoms with van der Waals surface area (Å²) >= 11 is 1.98. The maximum Gasteiger partial charge on any atom is 0.232 e. The van der Waals surface area contributed by atoms with Crippen LogP contribution in [0.3, 0.4) is 0 Å². The minimum Gasteiger partial charge on any atom is -0.378 e. The van der Waals surface area contributed by atoms with Gasteiger partial charge in [-0.1, -0.05) is 0 Å². The van der Waals surface area contributed by atoms with Gasteiger partial charge in [-0.2, -0.15) is 26.7 Å². The number of aromatic nitrogens is 3. The second-order valence-corrected chi connectivity index (χ2v) is 6.21. The predicted molar refractivity (Wildman–Crippen MR) is 86.6 cm³/mol. The molecule has 1 aromatic rings. The van der Waals surface area contributed by atoms with Gasteiger partial charge >= 0.3 is 0 Å². The van der Waals surface area contributed by atoms with Crippen LogP contribution < -0.4 is 15.1 Å². The van der Waals surface area contributed by atoms with E-state index >= 15 is 0 Å². The van der Waals surface area contributed by atoms with Crippen LogP contribution in [0.15, 0.2) is 0 Å². The number of thioether (sulfide) groups is 1. The van der Waals surface area contributed by atoms with Crippen molar-refractivity contribution in [3.8, 4) is 0 Å². The Bertz CT molecular complexity index is 426. The number of anilines is 3. The lowest BCUT2D eigenvalue weighted by Crippen LogP contribution is -2.39. The van der Waals surface area contributed by atoms with Gasteiger partial charge in [-0.3, -0.25) is 0 Å². The number of hydrogen-bond donors (Lipinski definition) is 1. The van der Waals surface area contributed by atoms with Crippen molar-refractivity contribution in [2.45, 2.75) is 6.92 Å². The number of morpholine rings is 1. The molecule has 7 nitrogen and oxygen atoms in total. The molecular formula is C13H22N6OS. The van der Waals surface area contributed by atoms with Crippen molar-refractivity contribution in [1.82, 2.24) is 15.0 Å². The molecule has 2 fully saturated rings. The molecule has 8 heteroatoms. The molecule has 0 saturated carbocycles. The van der Waals surface area contributed by atoms with Crippen LogP contribution in [0.4, 0.5) is 17.8 Å². The van der Waals surface area contributed by atoms with Crippen LogP contribution >= 0.6 is 11.8 Å². The molecule has 0 amide bonds. The largest absolute Gasteiger partial charge is 0.378 e. The molecular weight excluding hydrogens is 288 g/mol. The second kappa shape index (κ2) is 7.13. The lowest BCUT2D eigenvalue weighted by molar-refractivity contribution is 0.122. The summed E-state index contributed by atoms with van der Waals surface area (Å²) in [6.07, 6.45) is 0. The van der Waals surface area contributed by atoms with Gasteiger partial charge in [0.15, 0.2) is 0 Å². The Morgan fingerprint density at radius 3 is 2.24 bits per heavy atom. The highest BCUT2D eigenvalue weighted by molar-refractivity contribution is 7.99. The molecule has 0 unspecified atom stereocenters. The van der Waals surface area contributed by atoms with E-state index < -0.39 is 0 Å². The number of hydrogen-bond acceptors (Lipinski definition) is 8. The van der Waals surface area contributed by atoms with E-state index in [9.17, 15) is 0 Å². The molecule has 0 atom stereocenters. The Hall–Kier alpha value is -1.28. The van der Waals surface area contributed by atoms with E-state index in [0.717, 1.165) is 69.3 Å². The predicted octanol–water partition coefficient (Wildman–Crippen LogP) is 0.693. The summed E-state index contributed by atoms with van der Waals surface area (Å²) in [5.41, 5.74) is 0. The van der Waals surface area contributed by atoms with Crippen LogP contribution in [-0.2, 0) is 4.74 Å². The fraction of sp³-hybridized carbons (Fsp3) is 0.769. The Labute approximate surface area is 129 Å². The van der Waals surface area contributed by atoms with Crippen LogP contribution in [0.2, 0.25) is 0 Å². The van der Waals surface area contributed by atoms with Crippen LogP contribution in [0.25, 0.3) is 0 Å². The molecule has 3 rings (SSSR count). The number of nitrogens with one attached hydrogen (secondary N) is 1. The molecule has 116 valence electrons. The molecule has 0 radical (unpaired) electrons. The first-order valence-corrected chi connectivity index (χ1v) is 8.67. The molecule has 0 bridgehead atoms. The first-order chi connectivity index (χ1) is 10.4. The fourth-order valence-corrected chi connectivity index (χ4v) is 3.30. The van der Waals surface area contributed by atoms with Gasteiger partial charge < -0.3 is 19.9 Å². The van der Waals surface area contributed by atoms with Gasteiger partial charge in [0, 0.05) is 44.2 Å². The molecule has 0 spiro atoms. The van der Waals surface area contributed by atoms with Gasteiger partial charge in [0.1, 0.15) is 0 Å². The zero-order valence-corrected chi connectivity index (χ0v) is 13.2. The van der Waals surface area contributed by atoms with E-state index in [1.807, 2.05) is 11.8 Å². The summed E-state index contributed by atoms with van der Waals surface area (Å²) in [5.74, 6) is 4.49. The fourth-order valence-electron chi connectivity index (χ4n) is 2.40. The van der Waals surface area contributed by atoms with Crippen LogP contribution in [0, 0.1) is 0 Å². The molecule has 0 aromatic carbocycles. The van der Waals surface area contributed by atoms with Crippen molar-refractivity contribution >= 4 is 29.6 Å². The molecule has 2 aliphatic rings. The first-order valence-electron chi connectivity index (χ1n) is 7.52. The molecule has 1 N–H and O–H groups in total. The zero-order valence-electron chi connectivity index (χ0n) is 12.4. The summed E-state index contributed by atoms with van der Waals surface area (Å²) < 4.78 is 5.40. The van der Waals surface area contributed by atoms with Crippen molar-refractivity contribution in [2.24, 2.45) is 0 Å². The summed E-state index contributed by atoms with van der Waals surface area (Å²) in [6, 6.07) is 0. The quantitative estimate of drug-likeness (QED) is 0.871. The van der Waals surface area contributed by atoms with Crippen LogP contribution in [-0.4, -0.2) is 72.4 Å². The average molecular weight is 310 g/mol. The van der Waals surface area contributed by atoms with E-state index in [1.54, 1.807) is 0 Å². The first kappa shape index (κ1) is 14.6. The SMILES string of the molecule is CCNc1nc(N2CCOCC2)nc(N2CCSCC2)n1. The Balaban J connectivity index is 1.85. The summed E-state index contributed by atoms with van der Waals surface area (Å²) in [4.78, 5) is 18.2. The molecule has 0 aliphatic carbocycles. The van der Waals surface area contributed by atoms with E-state index in [2.05, 4.69) is 37.0 Å². The van der Waals surface area contributed by atoms with Crippen molar-refractivity contribution in [3.63, 3.8) is 0 Å². The molecule has 2 aliphatic heterocycles. The number of rotatable bonds is 4. The van der Waals surface area contributed by atoms with Crippen molar-refractivity contribution in [1.29, 1.82) is 0 Å². The summed E-state index contributed by atoms with van der Waals surface area (Å²) in [5, 5.41) is 3.21. The summed E-state index contributed by atoms with van der Waals surface area (Å²) in [7, 11) is 0. The minimum absolute atomic E-state index is 0.669. The van der Waals surface area contributed by atoms with E-state index in [4.69, 9.17) is 4.74 Å². The third-order valence-electron chi connectivity index (χ3n) is 3.53. The molecule has 21 heavy (non-hydrogen) atoms. The Morgan fingerprint density at radius 1 is 1.00 bits per heavy atom. The molecule has 3 heterocycles. The summed E-state index contributed by atoms with van der Waals surface area (Å²) in [6.45, 7) is 8.01. The van der Waals surface area contributed by atoms with Gasteiger partial charge in [0.05, 0.1) is 13.2 Å². The molecule has 2 saturated heterocycles. The topological polar surface area (TPSA) is 66.4 Å². The highest BCUT2D eigenvalue weighted by Crippen LogP contribution is 2.20. The maximum atomic E-state index is 5.40. The minimum atomic E-state index is 0.669. The normalized spacial score (nSPS) is 19.7. The monoisotopic (exact) mass is 310 g/mol. The Kier molecular flexibility index (Phi) is 4.97. The standard InChI is InChI=1S/C13H22N6OS/c1-2-14-11-15-12(18-3-7-20-8-4-18)17-13(16-11)19-5-9-21-10-6-19/h2-10H2,1H3,(H,14,15,16,17). The smallest absolute Gasteiger partial charge is 0.232 e.